The molecule has 0 unspecified atom stereocenters. The van der Waals surface area contributed by atoms with Crippen LogP contribution in [0.15, 0.2) is 12.1 Å². The highest BCUT2D eigenvalue weighted by molar-refractivity contribution is 5.55. The van der Waals surface area contributed by atoms with Crippen LogP contribution in [0, 0.1) is 21.4 Å². The highest BCUT2D eigenvalue weighted by Gasteiger charge is 2.17. The summed E-state index contributed by atoms with van der Waals surface area (Å²) < 4.78 is 0. The van der Waals surface area contributed by atoms with Crippen LogP contribution in [0.5, 0.6) is 0 Å². The topological polar surface area (TPSA) is 121 Å². The lowest BCUT2D eigenvalue weighted by atomic mass is 10.2. The molecule has 0 aromatic carbocycles. The second kappa shape index (κ2) is 6.51. The highest BCUT2D eigenvalue weighted by Crippen LogP contribution is 2.24. The van der Waals surface area contributed by atoms with Gasteiger partial charge in [-0.1, -0.05) is 0 Å². The summed E-state index contributed by atoms with van der Waals surface area (Å²) in [6.45, 7) is 4.30. The van der Waals surface area contributed by atoms with E-state index in [1.165, 1.54) is 12.1 Å². The van der Waals surface area contributed by atoms with E-state index in [1.54, 1.807) is 0 Å². The molecule has 1 rings (SSSR count). The van der Waals surface area contributed by atoms with Crippen LogP contribution < -0.4 is 16.2 Å². The summed E-state index contributed by atoms with van der Waals surface area (Å²) in [5, 5.41) is 19.5. The lowest BCUT2D eigenvalue weighted by molar-refractivity contribution is -0.384. The van der Waals surface area contributed by atoms with Crippen molar-refractivity contribution in [3.05, 3.63) is 22.2 Å². The Morgan fingerprint density at radius 2 is 2.32 bits per heavy atom. The quantitative estimate of drug-likeness (QED) is 0.452. The molecule has 0 amide bonds. The van der Waals surface area contributed by atoms with Crippen molar-refractivity contribution in [2.45, 2.75) is 26.3 Å². The van der Waals surface area contributed by atoms with Crippen LogP contribution in [0.4, 0.5) is 17.3 Å². The van der Waals surface area contributed by atoms with E-state index in [-0.39, 0.29) is 17.5 Å². The molecule has 0 aliphatic carbocycles. The predicted molar refractivity (Wildman–Crippen MR) is 71.4 cm³/mol. The zero-order chi connectivity index (χ0) is 14.4. The van der Waals surface area contributed by atoms with Crippen molar-refractivity contribution in [2.75, 3.05) is 16.9 Å². The van der Waals surface area contributed by atoms with E-state index >= 15 is 0 Å². The molecule has 0 saturated carbocycles. The summed E-state index contributed by atoms with van der Waals surface area (Å²) in [7, 11) is 0. The average molecular weight is 264 g/mol. The summed E-state index contributed by atoms with van der Waals surface area (Å²) in [6, 6.07) is 4.74. The Hall–Kier alpha value is -2.40. The molecule has 0 spiro atoms. The minimum atomic E-state index is -0.505. The van der Waals surface area contributed by atoms with Crippen LogP contribution in [-0.2, 0) is 0 Å². The van der Waals surface area contributed by atoms with Gasteiger partial charge in [-0.2, -0.15) is 5.26 Å². The summed E-state index contributed by atoms with van der Waals surface area (Å²) in [4.78, 5) is 16.4. The molecule has 0 aliphatic heterocycles. The van der Waals surface area contributed by atoms with Gasteiger partial charge >= 0.3 is 0 Å². The fraction of sp³-hybridized carbons (Fsp3) is 0.455. The van der Waals surface area contributed by atoms with E-state index < -0.39 is 4.92 Å². The Morgan fingerprint density at radius 1 is 1.63 bits per heavy atom. The van der Waals surface area contributed by atoms with Gasteiger partial charge in [0.25, 0.3) is 5.69 Å². The molecule has 1 aromatic heterocycles. The number of nitro groups is 1. The van der Waals surface area contributed by atoms with Gasteiger partial charge in [-0.15, -0.1) is 0 Å². The van der Waals surface area contributed by atoms with Crippen LogP contribution in [0.3, 0.4) is 0 Å². The first kappa shape index (κ1) is 14.7. The fourth-order valence-electron chi connectivity index (χ4n) is 1.64. The predicted octanol–water partition coefficient (Wildman–Crippen LogP) is 1.40. The van der Waals surface area contributed by atoms with Crippen molar-refractivity contribution < 1.29 is 4.92 Å². The Morgan fingerprint density at radius 3 is 2.79 bits per heavy atom. The van der Waals surface area contributed by atoms with E-state index in [1.807, 2.05) is 24.8 Å². The number of rotatable bonds is 6. The van der Waals surface area contributed by atoms with E-state index in [9.17, 15) is 10.1 Å². The van der Waals surface area contributed by atoms with Crippen LogP contribution in [0.1, 0.15) is 20.3 Å². The Balaban J connectivity index is 3.18. The van der Waals surface area contributed by atoms with E-state index in [0.717, 1.165) is 0 Å². The van der Waals surface area contributed by atoms with Gasteiger partial charge in [-0.3, -0.25) is 10.1 Å². The van der Waals surface area contributed by atoms with Crippen molar-refractivity contribution in [1.29, 1.82) is 5.26 Å². The summed E-state index contributed by atoms with van der Waals surface area (Å²) in [6.07, 6.45) is 0.313. The number of hydrogen-bond acceptors (Lipinski definition) is 7. The molecule has 0 aliphatic rings. The Labute approximate surface area is 111 Å². The molecule has 0 saturated heterocycles. The number of nitrogen functional groups attached to an aromatic ring is 1. The second-order valence-electron chi connectivity index (χ2n) is 4.17. The van der Waals surface area contributed by atoms with Crippen molar-refractivity contribution in [1.82, 2.24) is 4.98 Å². The van der Waals surface area contributed by atoms with Crippen LogP contribution in [-0.4, -0.2) is 22.5 Å². The fourth-order valence-corrected chi connectivity index (χ4v) is 1.64. The number of hydrogen-bond donors (Lipinski definition) is 2. The number of nitrogens with two attached hydrogens (primary N) is 1. The second-order valence-corrected chi connectivity index (χ2v) is 4.17. The van der Waals surface area contributed by atoms with Gasteiger partial charge in [0.1, 0.15) is 11.6 Å². The largest absolute Gasteiger partial charge is 0.353 e. The van der Waals surface area contributed by atoms with Crippen LogP contribution in [0.2, 0.25) is 0 Å². The molecule has 0 bridgehead atoms. The van der Waals surface area contributed by atoms with Gasteiger partial charge in [0, 0.05) is 12.6 Å². The minimum Gasteiger partial charge on any atom is -0.353 e. The van der Waals surface area contributed by atoms with E-state index in [2.05, 4.69) is 10.4 Å². The third-order valence-electron chi connectivity index (χ3n) is 2.54. The first-order chi connectivity index (χ1) is 8.99. The molecule has 102 valence electrons. The number of pyridine rings is 1. The zero-order valence-corrected chi connectivity index (χ0v) is 10.8. The van der Waals surface area contributed by atoms with Gasteiger partial charge in [0.05, 0.1) is 29.5 Å². The molecule has 3 N–H and O–H groups in total. The average Bonchev–Trinajstić information content (AvgIpc) is 2.38. The van der Waals surface area contributed by atoms with Crippen molar-refractivity contribution in [2.24, 2.45) is 5.84 Å². The van der Waals surface area contributed by atoms with Gasteiger partial charge in [0.2, 0.25) is 0 Å². The molecule has 19 heavy (non-hydrogen) atoms. The first-order valence-electron chi connectivity index (χ1n) is 5.76. The van der Waals surface area contributed by atoms with Gasteiger partial charge < -0.3 is 10.3 Å². The molecule has 0 fully saturated rings. The maximum absolute atomic E-state index is 10.9. The molecule has 8 heteroatoms. The molecular weight excluding hydrogens is 248 g/mol. The Kier molecular flexibility index (Phi) is 5.02. The summed E-state index contributed by atoms with van der Waals surface area (Å²) >= 11 is 0. The molecular formula is C11H16N6O2. The summed E-state index contributed by atoms with van der Waals surface area (Å²) in [5.74, 6) is 5.90. The van der Waals surface area contributed by atoms with E-state index in [4.69, 9.17) is 11.1 Å². The highest BCUT2D eigenvalue weighted by atomic mass is 16.6. The van der Waals surface area contributed by atoms with Crippen LogP contribution >= 0.6 is 0 Å². The molecule has 0 atom stereocenters. The number of nitrogens with one attached hydrogen (secondary N) is 1. The van der Waals surface area contributed by atoms with Crippen molar-refractivity contribution in [3.63, 3.8) is 0 Å². The lowest BCUT2D eigenvalue weighted by Gasteiger charge is -2.27. The van der Waals surface area contributed by atoms with Gasteiger partial charge in [-0.05, 0) is 13.8 Å². The number of anilines is 2. The van der Waals surface area contributed by atoms with Crippen molar-refractivity contribution >= 4 is 17.3 Å². The molecule has 1 heterocycles. The third kappa shape index (κ3) is 3.79. The molecule has 1 aromatic rings. The normalized spacial score (nSPS) is 10.1. The Bertz CT molecular complexity index is 496. The SMILES string of the molecule is CC(C)N(CCC#N)c1cc([N+](=O)[O-])cc(NN)n1. The first-order valence-corrected chi connectivity index (χ1v) is 5.76. The van der Waals surface area contributed by atoms with Gasteiger partial charge in [-0.25, -0.2) is 10.8 Å². The third-order valence-corrected chi connectivity index (χ3v) is 2.54. The van der Waals surface area contributed by atoms with Crippen molar-refractivity contribution in [3.8, 4) is 6.07 Å². The monoisotopic (exact) mass is 264 g/mol. The van der Waals surface area contributed by atoms with Crippen LogP contribution in [0.25, 0.3) is 0 Å². The maximum Gasteiger partial charge on any atom is 0.276 e. The van der Waals surface area contributed by atoms with E-state index in [0.29, 0.717) is 18.8 Å². The summed E-state index contributed by atoms with van der Waals surface area (Å²) in [5.41, 5.74) is 2.21. The maximum atomic E-state index is 10.9. The number of hydrazine groups is 1. The molecule has 0 radical (unpaired) electrons. The number of nitriles is 1. The minimum absolute atomic E-state index is 0.0634. The zero-order valence-electron chi connectivity index (χ0n) is 10.8. The van der Waals surface area contributed by atoms with Gasteiger partial charge in [0.15, 0.2) is 0 Å². The number of nitrogens with zero attached hydrogens (tertiary/aromatic N) is 4. The lowest BCUT2D eigenvalue weighted by Crippen LogP contribution is -2.32. The molecule has 8 nitrogen and oxygen atoms in total. The number of aromatic nitrogens is 1. The standard InChI is InChI=1S/C11H16N6O2/c1-8(2)16(5-3-4-12)11-7-9(17(18)19)6-10(14-11)15-13/h6-8H,3,5,13H2,1-2H3,(H,14,15). The smallest absolute Gasteiger partial charge is 0.276 e.